The van der Waals surface area contributed by atoms with Gasteiger partial charge in [-0.25, -0.2) is 4.99 Å². The molecule has 0 fully saturated rings. The van der Waals surface area contributed by atoms with E-state index in [1.165, 1.54) is 0 Å². The fourth-order valence-electron chi connectivity index (χ4n) is 1.79. The maximum Gasteiger partial charge on any atom is 0.251 e. The molecule has 0 saturated carbocycles. The molecule has 22 heavy (non-hydrogen) atoms. The molecule has 6 nitrogen and oxygen atoms in total. The maximum atomic E-state index is 11.6. The van der Waals surface area contributed by atoms with Crippen molar-refractivity contribution in [3.63, 3.8) is 0 Å². The van der Waals surface area contributed by atoms with Crippen molar-refractivity contribution in [2.45, 2.75) is 26.8 Å². The molecule has 0 bridgehead atoms. The second-order valence-electron chi connectivity index (χ2n) is 4.74. The van der Waals surface area contributed by atoms with E-state index in [-0.39, 0.29) is 5.91 Å². The molecule has 0 saturated heterocycles. The van der Waals surface area contributed by atoms with Gasteiger partial charge < -0.3 is 21.1 Å². The number of nitrogens with zero attached hydrogens (tertiary/aromatic N) is 1. The van der Waals surface area contributed by atoms with E-state index in [1.54, 1.807) is 12.1 Å². The zero-order valence-electron chi connectivity index (χ0n) is 13.4. The van der Waals surface area contributed by atoms with Crippen LogP contribution in [0.25, 0.3) is 0 Å². The van der Waals surface area contributed by atoms with Gasteiger partial charge in [-0.2, -0.15) is 0 Å². The summed E-state index contributed by atoms with van der Waals surface area (Å²) in [6, 6.07) is 7.36. The molecule has 4 N–H and O–H groups in total. The summed E-state index contributed by atoms with van der Waals surface area (Å²) >= 11 is 0. The van der Waals surface area contributed by atoms with Crippen LogP contribution in [0.3, 0.4) is 0 Å². The molecule has 0 heterocycles. The molecule has 0 radical (unpaired) electrons. The van der Waals surface area contributed by atoms with E-state index in [0.717, 1.165) is 31.7 Å². The monoisotopic (exact) mass is 306 g/mol. The number of aliphatic imine (C=N–C) groups is 1. The summed E-state index contributed by atoms with van der Waals surface area (Å²) in [5.41, 5.74) is 7.44. The lowest BCUT2D eigenvalue weighted by Crippen LogP contribution is -2.32. The molecule has 1 aromatic carbocycles. The molecule has 0 spiro atoms. The normalized spacial score (nSPS) is 11.3. The number of nitrogens with two attached hydrogens (primary N) is 1. The predicted molar refractivity (Wildman–Crippen MR) is 88.9 cm³/mol. The van der Waals surface area contributed by atoms with Crippen molar-refractivity contribution in [3.05, 3.63) is 35.4 Å². The summed E-state index contributed by atoms with van der Waals surface area (Å²) in [6.45, 7) is 7.17. The van der Waals surface area contributed by atoms with Crippen molar-refractivity contribution in [1.82, 2.24) is 10.6 Å². The number of guanidine groups is 1. The summed E-state index contributed by atoms with van der Waals surface area (Å²) in [7, 11) is 0. The number of amides is 1. The molecule has 0 aliphatic rings. The molecular weight excluding hydrogens is 280 g/mol. The lowest BCUT2D eigenvalue weighted by atomic mass is 10.1. The quantitative estimate of drug-likeness (QED) is 0.364. The molecule has 1 amide bonds. The Labute approximate surface area is 132 Å². The van der Waals surface area contributed by atoms with E-state index >= 15 is 0 Å². The molecular formula is C16H26N4O2. The highest BCUT2D eigenvalue weighted by Gasteiger charge is 2.03. The van der Waals surface area contributed by atoms with E-state index in [9.17, 15) is 4.79 Å². The smallest absolute Gasteiger partial charge is 0.251 e. The van der Waals surface area contributed by atoms with Crippen molar-refractivity contribution < 1.29 is 9.53 Å². The third-order valence-corrected chi connectivity index (χ3v) is 2.96. The van der Waals surface area contributed by atoms with E-state index in [2.05, 4.69) is 15.6 Å². The van der Waals surface area contributed by atoms with E-state index < -0.39 is 0 Å². The Morgan fingerprint density at radius 2 is 1.95 bits per heavy atom. The number of carbonyl (C=O) groups is 1. The fourth-order valence-corrected chi connectivity index (χ4v) is 1.79. The van der Waals surface area contributed by atoms with Gasteiger partial charge in [0.2, 0.25) is 0 Å². The van der Waals surface area contributed by atoms with Gasteiger partial charge in [0.05, 0.1) is 6.54 Å². The maximum absolute atomic E-state index is 11.6. The number of rotatable bonds is 9. The minimum atomic E-state index is -0.0620. The summed E-state index contributed by atoms with van der Waals surface area (Å²) in [5.74, 6) is 0.359. The number of ether oxygens (including phenoxy) is 1. The van der Waals surface area contributed by atoms with Crippen molar-refractivity contribution in [1.29, 1.82) is 0 Å². The summed E-state index contributed by atoms with van der Waals surface area (Å²) in [6.07, 6.45) is 0.894. The highest BCUT2D eigenvalue weighted by molar-refractivity contribution is 5.94. The van der Waals surface area contributed by atoms with E-state index in [0.29, 0.717) is 24.6 Å². The Morgan fingerprint density at radius 3 is 2.59 bits per heavy atom. The molecule has 0 aromatic heterocycles. The van der Waals surface area contributed by atoms with Crippen LogP contribution in [0.15, 0.2) is 29.3 Å². The van der Waals surface area contributed by atoms with Crippen LogP contribution in [0.2, 0.25) is 0 Å². The Bertz CT molecular complexity index is 472. The van der Waals surface area contributed by atoms with Crippen LogP contribution >= 0.6 is 0 Å². The molecule has 0 aliphatic carbocycles. The number of benzene rings is 1. The van der Waals surface area contributed by atoms with Crippen molar-refractivity contribution in [2.24, 2.45) is 10.7 Å². The third-order valence-electron chi connectivity index (χ3n) is 2.96. The largest absolute Gasteiger partial charge is 0.382 e. The molecule has 0 aliphatic heterocycles. The number of nitrogens with one attached hydrogen (secondary N) is 2. The van der Waals surface area contributed by atoms with Crippen molar-refractivity contribution >= 4 is 11.9 Å². The first kappa shape index (κ1) is 18.0. The van der Waals surface area contributed by atoms with Gasteiger partial charge in [0.1, 0.15) is 0 Å². The Kier molecular flexibility index (Phi) is 8.67. The zero-order valence-corrected chi connectivity index (χ0v) is 13.4. The van der Waals surface area contributed by atoms with Gasteiger partial charge in [0.15, 0.2) is 5.96 Å². The van der Waals surface area contributed by atoms with Gasteiger partial charge in [-0.15, -0.1) is 0 Å². The second kappa shape index (κ2) is 10.6. The average Bonchev–Trinajstić information content (AvgIpc) is 2.53. The van der Waals surface area contributed by atoms with Crippen LogP contribution in [-0.4, -0.2) is 38.2 Å². The number of hydrogen-bond acceptors (Lipinski definition) is 3. The van der Waals surface area contributed by atoms with Gasteiger partial charge in [0, 0.05) is 31.9 Å². The van der Waals surface area contributed by atoms with Gasteiger partial charge in [-0.05, 0) is 38.0 Å². The Hall–Kier alpha value is -2.08. The minimum Gasteiger partial charge on any atom is -0.382 e. The van der Waals surface area contributed by atoms with E-state index in [4.69, 9.17) is 10.5 Å². The molecule has 6 heteroatoms. The van der Waals surface area contributed by atoms with E-state index in [1.807, 2.05) is 26.0 Å². The van der Waals surface area contributed by atoms with Gasteiger partial charge >= 0.3 is 0 Å². The van der Waals surface area contributed by atoms with Crippen LogP contribution in [-0.2, 0) is 11.3 Å². The second-order valence-corrected chi connectivity index (χ2v) is 4.74. The van der Waals surface area contributed by atoms with Crippen LogP contribution in [0, 0.1) is 0 Å². The fraction of sp³-hybridized carbons (Fsp3) is 0.500. The van der Waals surface area contributed by atoms with Gasteiger partial charge in [-0.3, -0.25) is 4.79 Å². The standard InChI is InChI=1S/C16H26N4O2/c1-3-18-15(21)14-8-6-13(7-9-14)12-20-16(17)19-10-5-11-22-4-2/h6-9H,3-5,10-12H2,1-2H3,(H,18,21)(H3,17,19,20). The summed E-state index contributed by atoms with van der Waals surface area (Å²) < 4.78 is 5.24. The molecule has 0 unspecified atom stereocenters. The lowest BCUT2D eigenvalue weighted by Gasteiger charge is -2.06. The van der Waals surface area contributed by atoms with Crippen LogP contribution in [0.5, 0.6) is 0 Å². The average molecular weight is 306 g/mol. The summed E-state index contributed by atoms with van der Waals surface area (Å²) in [4.78, 5) is 15.9. The summed E-state index contributed by atoms with van der Waals surface area (Å²) in [5, 5.41) is 5.80. The van der Waals surface area contributed by atoms with Gasteiger partial charge in [-0.1, -0.05) is 12.1 Å². The molecule has 1 rings (SSSR count). The number of hydrogen-bond donors (Lipinski definition) is 3. The molecule has 122 valence electrons. The third kappa shape index (κ3) is 7.08. The first-order chi connectivity index (χ1) is 10.7. The van der Waals surface area contributed by atoms with Crippen LogP contribution in [0.4, 0.5) is 0 Å². The first-order valence-corrected chi connectivity index (χ1v) is 7.66. The predicted octanol–water partition coefficient (Wildman–Crippen LogP) is 1.27. The van der Waals surface area contributed by atoms with Crippen molar-refractivity contribution in [2.75, 3.05) is 26.3 Å². The zero-order chi connectivity index (χ0) is 16.2. The molecule has 0 atom stereocenters. The van der Waals surface area contributed by atoms with Crippen LogP contribution in [0.1, 0.15) is 36.2 Å². The lowest BCUT2D eigenvalue weighted by molar-refractivity contribution is 0.0956. The van der Waals surface area contributed by atoms with Gasteiger partial charge in [0.25, 0.3) is 5.91 Å². The Morgan fingerprint density at radius 1 is 1.23 bits per heavy atom. The first-order valence-electron chi connectivity index (χ1n) is 7.66. The highest BCUT2D eigenvalue weighted by Crippen LogP contribution is 2.05. The minimum absolute atomic E-state index is 0.0620. The topological polar surface area (TPSA) is 88.7 Å². The molecule has 1 aromatic rings. The number of carbonyl (C=O) groups excluding carboxylic acids is 1. The Balaban J connectivity index is 2.36. The van der Waals surface area contributed by atoms with Crippen molar-refractivity contribution in [3.8, 4) is 0 Å². The highest BCUT2D eigenvalue weighted by atomic mass is 16.5. The SMILES string of the molecule is CCNC(=O)c1ccc(CN=C(N)NCCCOCC)cc1. The van der Waals surface area contributed by atoms with Crippen LogP contribution < -0.4 is 16.4 Å².